The van der Waals surface area contributed by atoms with E-state index in [0.717, 1.165) is 12.0 Å². The van der Waals surface area contributed by atoms with Crippen molar-refractivity contribution >= 4 is 29.4 Å². The lowest BCUT2D eigenvalue weighted by Gasteiger charge is -2.39. The number of amides is 1. The fourth-order valence-electron chi connectivity index (χ4n) is 2.92. The minimum Gasteiger partial charge on any atom is -0.466 e. The van der Waals surface area contributed by atoms with Gasteiger partial charge in [-0.05, 0) is 43.9 Å². The van der Waals surface area contributed by atoms with Gasteiger partial charge in [0, 0.05) is 18.0 Å². The van der Waals surface area contributed by atoms with Crippen LogP contribution in [0.5, 0.6) is 0 Å². The highest BCUT2D eigenvalue weighted by atomic mass is 35.5. The predicted octanol–water partition coefficient (Wildman–Crippen LogP) is 2.76. The number of hydrogen-bond acceptors (Lipinski definition) is 5. The lowest BCUT2D eigenvalue weighted by molar-refractivity contribution is -0.157. The van der Waals surface area contributed by atoms with E-state index in [4.69, 9.17) is 21.1 Å². The molecule has 1 aliphatic carbocycles. The van der Waals surface area contributed by atoms with E-state index in [9.17, 15) is 14.4 Å². The van der Waals surface area contributed by atoms with Crippen LogP contribution in [0.1, 0.15) is 44.6 Å². The second kappa shape index (κ2) is 9.57. The Kier molecular flexibility index (Phi) is 7.45. The van der Waals surface area contributed by atoms with Gasteiger partial charge >= 0.3 is 11.9 Å². The second-order valence-corrected chi connectivity index (χ2v) is 6.71. The Labute approximate surface area is 158 Å². The molecule has 0 bridgehead atoms. The van der Waals surface area contributed by atoms with Crippen molar-refractivity contribution in [1.29, 1.82) is 0 Å². The van der Waals surface area contributed by atoms with Gasteiger partial charge in [-0.1, -0.05) is 30.2 Å². The van der Waals surface area contributed by atoms with Crippen LogP contribution in [-0.2, 0) is 29.3 Å². The molecule has 0 saturated heterocycles. The smallest absolute Gasteiger partial charge is 0.317 e. The van der Waals surface area contributed by atoms with Crippen LogP contribution in [0.15, 0.2) is 24.3 Å². The van der Waals surface area contributed by atoms with E-state index in [1.54, 1.807) is 19.1 Å². The normalized spacial score (nSPS) is 14.8. The van der Waals surface area contributed by atoms with Crippen LogP contribution in [0, 0.1) is 0 Å². The average molecular weight is 382 g/mol. The molecule has 1 aromatic rings. The quantitative estimate of drug-likeness (QED) is 0.525. The van der Waals surface area contributed by atoms with Gasteiger partial charge in [0.1, 0.15) is 0 Å². The maximum Gasteiger partial charge on any atom is 0.317 e. The summed E-state index contributed by atoms with van der Waals surface area (Å²) in [6.07, 6.45) is 3.07. The molecule has 0 unspecified atom stereocenters. The number of carbonyl (C=O) groups excluding carboxylic acids is 3. The first-order valence-electron chi connectivity index (χ1n) is 8.83. The minimum absolute atomic E-state index is 0.244. The molecule has 1 fully saturated rings. The van der Waals surface area contributed by atoms with Crippen LogP contribution >= 0.6 is 11.6 Å². The van der Waals surface area contributed by atoms with E-state index in [-0.39, 0.29) is 30.9 Å². The number of ether oxygens (including phenoxy) is 2. The molecule has 0 aromatic heterocycles. The summed E-state index contributed by atoms with van der Waals surface area (Å²) in [5.74, 6) is -1.05. The number of halogens is 1. The third-order valence-corrected chi connectivity index (χ3v) is 4.77. The zero-order valence-corrected chi connectivity index (χ0v) is 15.6. The highest BCUT2D eigenvalue weighted by molar-refractivity contribution is 6.30. The lowest BCUT2D eigenvalue weighted by Crippen LogP contribution is -2.44. The van der Waals surface area contributed by atoms with E-state index < -0.39 is 5.41 Å². The second-order valence-electron chi connectivity index (χ2n) is 6.28. The number of carbonyl (C=O) groups is 3. The number of hydrogen-bond donors (Lipinski definition) is 1. The molecule has 1 aromatic carbocycles. The number of rotatable bonds is 9. The van der Waals surface area contributed by atoms with Crippen LogP contribution in [0.2, 0.25) is 5.02 Å². The van der Waals surface area contributed by atoms with Crippen LogP contribution in [0.25, 0.3) is 0 Å². The van der Waals surface area contributed by atoms with Crippen molar-refractivity contribution in [3.63, 3.8) is 0 Å². The molecule has 1 amide bonds. The Balaban J connectivity index is 1.75. The molecule has 1 N–H and O–H groups in total. The van der Waals surface area contributed by atoms with E-state index in [0.29, 0.717) is 37.4 Å². The molecule has 142 valence electrons. The van der Waals surface area contributed by atoms with Crippen LogP contribution < -0.4 is 5.32 Å². The van der Waals surface area contributed by atoms with Gasteiger partial charge in [0.15, 0.2) is 6.61 Å². The molecule has 0 aliphatic heterocycles. The van der Waals surface area contributed by atoms with Crippen molar-refractivity contribution in [2.24, 2.45) is 0 Å². The average Bonchev–Trinajstić information content (AvgIpc) is 2.58. The van der Waals surface area contributed by atoms with Gasteiger partial charge in [0.05, 0.1) is 12.0 Å². The number of nitrogens with one attached hydrogen (secondary N) is 1. The molecule has 0 radical (unpaired) electrons. The molecule has 1 saturated carbocycles. The van der Waals surface area contributed by atoms with Crippen molar-refractivity contribution in [1.82, 2.24) is 5.32 Å². The van der Waals surface area contributed by atoms with Crippen molar-refractivity contribution in [3.8, 4) is 0 Å². The van der Waals surface area contributed by atoms with Gasteiger partial charge in [-0.15, -0.1) is 0 Å². The molecule has 2 rings (SSSR count). The topological polar surface area (TPSA) is 81.7 Å². The first-order chi connectivity index (χ1) is 12.5. The summed E-state index contributed by atoms with van der Waals surface area (Å²) in [6, 6.07) is 7.16. The van der Waals surface area contributed by atoms with E-state index in [1.807, 2.05) is 12.1 Å². The fourth-order valence-corrected chi connectivity index (χ4v) is 3.05. The Bertz CT molecular complexity index is 640. The van der Waals surface area contributed by atoms with Crippen LogP contribution in [0.3, 0.4) is 0 Å². The highest BCUT2D eigenvalue weighted by Crippen LogP contribution is 2.45. The molecule has 7 heteroatoms. The van der Waals surface area contributed by atoms with Crippen LogP contribution in [-0.4, -0.2) is 37.6 Å². The van der Waals surface area contributed by atoms with Crippen molar-refractivity contribution in [3.05, 3.63) is 34.9 Å². The van der Waals surface area contributed by atoms with Gasteiger partial charge in [-0.3, -0.25) is 14.4 Å². The van der Waals surface area contributed by atoms with Crippen molar-refractivity contribution in [2.45, 2.75) is 44.4 Å². The predicted molar refractivity (Wildman–Crippen MR) is 96.8 cm³/mol. The summed E-state index contributed by atoms with van der Waals surface area (Å²) in [6.45, 7) is 2.09. The van der Waals surface area contributed by atoms with Crippen molar-refractivity contribution < 1.29 is 23.9 Å². The summed E-state index contributed by atoms with van der Waals surface area (Å²) >= 11 is 5.90. The lowest BCUT2D eigenvalue weighted by atomic mass is 9.64. The maximum absolute atomic E-state index is 12.5. The van der Waals surface area contributed by atoms with E-state index >= 15 is 0 Å². The van der Waals surface area contributed by atoms with Gasteiger partial charge < -0.3 is 14.8 Å². The SMILES string of the molecule is CCOC(=O)CCCNC(=O)COC(=O)C1(c2ccc(Cl)cc2)CCC1. The molecular formula is C19H24ClNO5. The Hall–Kier alpha value is -2.08. The first-order valence-corrected chi connectivity index (χ1v) is 9.21. The summed E-state index contributed by atoms with van der Waals surface area (Å²) in [7, 11) is 0. The van der Waals surface area contributed by atoms with Crippen molar-refractivity contribution in [2.75, 3.05) is 19.8 Å². The summed E-state index contributed by atoms with van der Waals surface area (Å²) < 4.78 is 10.0. The van der Waals surface area contributed by atoms with Gasteiger partial charge in [0.25, 0.3) is 5.91 Å². The molecule has 0 spiro atoms. The van der Waals surface area contributed by atoms with Gasteiger partial charge in [0.2, 0.25) is 0 Å². The maximum atomic E-state index is 12.5. The third kappa shape index (κ3) is 5.21. The fraction of sp³-hybridized carbons (Fsp3) is 0.526. The van der Waals surface area contributed by atoms with Gasteiger partial charge in [-0.25, -0.2) is 0 Å². The number of benzene rings is 1. The molecule has 0 heterocycles. The summed E-state index contributed by atoms with van der Waals surface area (Å²) in [4.78, 5) is 35.5. The Morgan fingerprint density at radius 2 is 1.85 bits per heavy atom. The summed E-state index contributed by atoms with van der Waals surface area (Å²) in [5.41, 5.74) is 0.197. The van der Waals surface area contributed by atoms with E-state index in [2.05, 4.69) is 5.32 Å². The number of esters is 2. The largest absolute Gasteiger partial charge is 0.466 e. The first kappa shape index (κ1) is 20.2. The zero-order chi connectivity index (χ0) is 19.0. The molecular weight excluding hydrogens is 358 g/mol. The molecule has 1 aliphatic rings. The van der Waals surface area contributed by atoms with E-state index in [1.165, 1.54) is 0 Å². The molecule has 0 atom stereocenters. The third-order valence-electron chi connectivity index (χ3n) is 4.51. The Morgan fingerprint density at radius 1 is 1.15 bits per heavy atom. The minimum atomic E-state index is -0.672. The van der Waals surface area contributed by atoms with Gasteiger partial charge in [-0.2, -0.15) is 0 Å². The zero-order valence-electron chi connectivity index (χ0n) is 14.9. The highest BCUT2D eigenvalue weighted by Gasteiger charge is 2.47. The Morgan fingerprint density at radius 3 is 2.42 bits per heavy atom. The summed E-state index contributed by atoms with van der Waals surface area (Å²) in [5, 5.41) is 3.24. The standard InChI is InChI=1S/C19H24ClNO5/c1-2-25-17(23)5-3-12-21-16(22)13-26-18(24)19(10-4-11-19)14-6-8-15(20)9-7-14/h6-9H,2-5,10-13H2,1H3,(H,21,22). The molecule has 6 nitrogen and oxygen atoms in total. The van der Waals surface area contributed by atoms with Crippen LogP contribution in [0.4, 0.5) is 0 Å². The molecule has 26 heavy (non-hydrogen) atoms. The monoisotopic (exact) mass is 381 g/mol.